The van der Waals surface area contributed by atoms with Gasteiger partial charge in [0, 0.05) is 37.0 Å². The standard InChI is InChI=1S/C25H27N3O2S/c1-25(2,29)10-9-17-5-4-6-19(11-17)16-30-21-13-20(14-28-24(21)26-3)22-15-27-23(31-22)12-18-7-8-18/h4-6,11,13-15,18,29H,7-8,12,16H2,1-3H3,(H,26,28). The second-order valence-electron chi connectivity index (χ2n) is 8.38. The number of thiazole rings is 1. The summed E-state index contributed by atoms with van der Waals surface area (Å²) in [6.07, 6.45) is 7.54. The Morgan fingerprint density at radius 2 is 2.06 bits per heavy atom. The minimum Gasteiger partial charge on any atom is -0.485 e. The summed E-state index contributed by atoms with van der Waals surface area (Å²) >= 11 is 1.74. The lowest BCUT2D eigenvalue weighted by molar-refractivity contribution is 0.143. The van der Waals surface area contributed by atoms with Gasteiger partial charge in [0.05, 0.1) is 9.88 Å². The summed E-state index contributed by atoms with van der Waals surface area (Å²) in [5, 5.41) is 14.1. The molecule has 2 heterocycles. The third-order valence-corrected chi connectivity index (χ3v) is 5.99. The van der Waals surface area contributed by atoms with E-state index in [1.165, 1.54) is 17.8 Å². The van der Waals surface area contributed by atoms with E-state index in [0.29, 0.717) is 18.2 Å². The highest BCUT2D eigenvalue weighted by atomic mass is 32.1. The van der Waals surface area contributed by atoms with Gasteiger partial charge in [0.25, 0.3) is 0 Å². The third-order valence-electron chi connectivity index (χ3n) is 4.92. The molecular weight excluding hydrogens is 406 g/mol. The zero-order chi connectivity index (χ0) is 21.8. The summed E-state index contributed by atoms with van der Waals surface area (Å²) in [5.41, 5.74) is 1.84. The lowest BCUT2D eigenvalue weighted by atomic mass is 10.1. The van der Waals surface area contributed by atoms with Crippen molar-refractivity contribution in [3.63, 3.8) is 0 Å². The first-order valence-corrected chi connectivity index (χ1v) is 11.3. The number of aliphatic hydroxyl groups is 1. The van der Waals surface area contributed by atoms with Gasteiger partial charge < -0.3 is 15.2 Å². The van der Waals surface area contributed by atoms with Gasteiger partial charge in [-0.15, -0.1) is 11.3 Å². The van der Waals surface area contributed by atoms with Gasteiger partial charge in [-0.1, -0.05) is 24.0 Å². The van der Waals surface area contributed by atoms with Gasteiger partial charge in [0.2, 0.25) is 0 Å². The van der Waals surface area contributed by atoms with Crippen molar-refractivity contribution >= 4 is 17.2 Å². The summed E-state index contributed by atoms with van der Waals surface area (Å²) in [6.45, 7) is 3.74. The number of nitrogens with one attached hydrogen (secondary N) is 1. The Morgan fingerprint density at radius 1 is 1.23 bits per heavy atom. The van der Waals surface area contributed by atoms with Crippen molar-refractivity contribution in [3.05, 3.63) is 58.9 Å². The SMILES string of the molecule is CNc1ncc(-c2cnc(CC3CC3)s2)cc1OCc1cccc(C#CC(C)(C)O)c1. The number of nitrogens with zero attached hydrogens (tertiary/aromatic N) is 2. The molecule has 0 aliphatic heterocycles. The Balaban J connectivity index is 1.49. The number of pyridine rings is 1. The molecule has 2 N–H and O–H groups in total. The van der Waals surface area contributed by atoms with Crippen molar-refractivity contribution in [1.82, 2.24) is 9.97 Å². The highest BCUT2D eigenvalue weighted by Gasteiger charge is 2.23. The molecule has 0 radical (unpaired) electrons. The molecule has 0 unspecified atom stereocenters. The Morgan fingerprint density at radius 3 is 2.81 bits per heavy atom. The molecule has 1 aromatic carbocycles. The van der Waals surface area contributed by atoms with Gasteiger partial charge in [-0.3, -0.25) is 0 Å². The summed E-state index contributed by atoms with van der Waals surface area (Å²) in [7, 11) is 1.84. The molecule has 5 nitrogen and oxygen atoms in total. The monoisotopic (exact) mass is 433 g/mol. The molecule has 0 atom stereocenters. The number of hydrogen-bond acceptors (Lipinski definition) is 6. The average Bonchev–Trinajstić information content (AvgIpc) is 3.44. The molecule has 0 saturated heterocycles. The minimum atomic E-state index is -1.02. The fourth-order valence-electron chi connectivity index (χ4n) is 3.11. The predicted molar refractivity (Wildman–Crippen MR) is 125 cm³/mol. The van der Waals surface area contributed by atoms with Crippen LogP contribution in [0.1, 0.15) is 42.8 Å². The first-order chi connectivity index (χ1) is 14.9. The zero-order valence-electron chi connectivity index (χ0n) is 18.1. The predicted octanol–water partition coefficient (Wildman–Crippen LogP) is 4.90. The molecule has 1 fully saturated rings. The lowest BCUT2D eigenvalue weighted by Crippen LogP contribution is -2.14. The molecule has 4 rings (SSSR count). The van der Waals surface area contributed by atoms with E-state index in [4.69, 9.17) is 4.74 Å². The normalized spacial score (nSPS) is 13.4. The van der Waals surface area contributed by atoms with Crippen LogP contribution in [0.3, 0.4) is 0 Å². The fourth-order valence-corrected chi connectivity index (χ4v) is 4.12. The number of aromatic nitrogens is 2. The van der Waals surface area contributed by atoms with Gasteiger partial charge in [-0.05, 0) is 56.4 Å². The minimum absolute atomic E-state index is 0.396. The first kappa shape index (κ1) is 21.4. The molecule has 160 valence electrons. The van der Waals surface area contributed by atoms with Crippen molar-refractivity contribution < 1.29 is 9.84 Å². The van der Waals surface area contributed by atoms with Gasteiger partial charge in [0.1, 0.15) is 12.2 Å². The van der Waals surface area contributed by atoms with Crippen LogP contribution in [0.15, 0.2) is 42.7 Å². The first-order valence-electron chi connectivity index (χ1n) is 10.5. The average molecular weight is 434 g/mol. The maximum Gasteiger partial charge on any atom is 0.168 e. The summed E-state index contributed by atoms with van der Waals surface area (Å²) in [4.78, 5) is 10.2. The molecule has 2 aromatic heterocycles. The van der Waals surface area contributed by atoms with Gasteiger partial charge in [0.15, 0.2) is 11.6 Å². The summed E-state index contributed by atoms with van der Waals surface area (Å²) in [6, 6.07) is 9.86. The maximum atomic E-state index is 9.81. The van der Waals surface area contributed by atoms with Crippen LogP contribution in [-0.4, -0.2) is 27.7 Å². The lowest BCUT2D eigenvalue weighted by Gasteiger charge is -2.12. The van der Waals surface area contributed by atoms with Crippen LogP contribution < -0.4 is 10.1 Å². The van der Waals surface area contributed by atoms with Gasteiger partial charge in [-0.2, -0.15) is 0 Å². The number of ether oxygens (including phenoxy) is 1. The van der Waals surface area contributed by atoms with Crippen LogP contribution in [0.4, 0.5) is 5.82 Å². The van der Waals surface area contributed by atoms with Gasteiger partial charge in [-0.25, -0.2) is 9.97 Å². The Bertz CT molecular complexity index is 1120. The van der Waals surface area contributed by atoms with E-state index in [1.54, 1.807) is 25.2 Å². The highest BCUT2D eigenvalue weighted by molar-refractivity contribution is 7.15. The number of anilines is 1. The Hall–Kier alpha value is -2.88. The van der Waals surface area contributed by atoms with Crippen LogP contribution in [0, 0.1) is 17.8 Å². The molecular formula is C25H27N3O2S. The van der Waals surface area contributed by atoms with E-state index in [2.05, 4.69) is 27.1 Å². The molecule has 1 saturated carbocycles. The largest absolute Gasteiger partial charge is 0.485 e. The van der Waals surface area contributed by atoms with E-state index in [9.17, 15) is 5.11 Å². The second-order valence-corrected chi connectivity index (χ2v) is 9.50. The van der Waals surface area contributed by atoms with Crippen molar-refractivity contribution in [2.75, 3.05) is 12.4 Å². The van der Waals surface area contributed by atoms with E-state index < -0.39 is 5.60 Å². The van der Waals surface area contributed by atoms with Crippen LogP contribution in [0.5, 0.6) is 5.75 Å². The molecule has 0 amide bonds. The van der Waals surface area contributed by atoms with E-state index in [0.717, 1.165) is 33.9 Å². The third kappa shape index (κ3) is 6.06. The fraction of sp³-hybridized carbons (Fsp3) is 0.360. The van der Waals surface area contributed by atoms with Crippen molar-refractivity contribution in [2.24, 2.45) is 5.92 Å². The summed E-state index contributed by atoms with van der Waals surface area (Å²) in [5.74, 6) is 8.07. The molecule has 31 heavy (non-hydrogen) atoms. The molecule has 0 spiro atoms. The van der Waals surface area contributed by atoms with Crippen LogP contribution in [0.2, 0.25) is 0 Å². The molecule has 1 aliphatic carbocycles. The molecule has 6 heteroatoms. The van der Waals surface area contributed by atoms with E-state index >= 15 is 0 Å². The van der Waals surface area contributed by atoms with Crippen LogP contribution in [-0.2, 0) is 13.0 Å². The summed E-state index contributed by atoms with van der Waals surface area (Å²) < 4.78 is 6.12. The van der Waals surface area contributed by atoms with E-state index in [1.807, 2.05) is 49.8 Å². The Labute approximate surface area is 187 Å². The molecule has 0 bridgehead atoms. The smallest absolute Gasteiger partial charge is 0.168 e. The second kappa shape index (κ2) is 9.09. The number of benzene rings is 1. The quantitative estimate of drug-likeness (QED) is 0.519. The number of hydrogen-bond donors (Lipinski definition) is 2. The van der Waals surface area contributed by atoms with E-state index in [-0.39, 0.29) is 0 Å². The van der Waals surface area contributed by atoms with Gasteiger partial charge >= 0.3 is 0 Å². The van der Waals surface area contributed by atoms with Crippen molar-refractivity contribution in [3.8, 4) is 28.0 Å². The number of rotatable bonds is 7. The Kier molecular flexibility index (Phi) is 6.26. The molecule has 3 aromatic rings. The van der Waals surface area contributed by atoms with Crippen LogP contribution in [0.25, 0.3) is 10.4 Å². The topological polar surface area (TPSA) is 67.3 Å². The van der Waals surface area contributed by atoms with Crippen molar-refractivity contribution in [1.29, 1.82) is 0 Å². The van der Waals surface area contributed by atoms with Crippen LogP contribution >= 0.6 is 11.3 Å². The zero-order valence-corrected chi connectivity index (χ0v) is 18.9. The highest BCUT2D eigenvalue weighted by Crippen LogP contribution is 2.36. The maximum absolute atomic E-state index is 9.81. The van der Waals surface area contributed by atoms with Crippen molar-refractivity contribution in [2.45, 2.75) is 45.3 Å². The molecule has 1 aliphatic rings.